The number of aliphatic hydroxyl groups is 1. The van der Waals surface area contributed by atoms with E-state index < -0.39 is 0 Å². The molecule has 1 rings (SSSR count). The van der Waals surface area contributed by atoms with Crippen molar-refractivity contribution in [2.75, 3.05) is 6.61 Å². The maximum atomic E-state index is 8.72. The topological polar surface area (TPSA) is 20.2 Å². The summed E-state index contributed by atoms with van der Waals surface area (Å²) >= 11 is 0. The van der Waals surface area contributed by atoms with Crippen molar-refractivity contribution in [3.05, 3.63) is 35.4 Å². The minimum absolute atomic E-state index is 0.340. The third-order valence-corrected chi connectivity index (χ3v) is 3.72. The molecular formula is C18H30O. The molecule has 0 aliphatic carbocycles. The van der Waals surface area contributed by atoms with Gasteiger partial charge in [0.25, 0.3) is 0 Å². The molecular weight excluding hydrogens is 232 g/mol. The molecule has 0 saturated carbocycles. The maximum Gasteiger partial charge on any atom is 0.0431 e. The SMILES string of the molecule is CCCCCCc1ccc(CCCCCCO)cc1. The Bertz CT molecular complexity index is 302. The quantitative estimate of drug-likeness (QED) is 0.562. The first-order valence-electron chi connectivity index (χ1n) is 8.05. The fourth-order valence-electron chi connectivity index (χ4n) is 2.42. The number of aliphatic hydroxyl groups excluding tert-OH is 1. The van der Waals surface area contributed by atoms with E-state index in [-0.39, 0.29) is 0 Å². The van der Waals surface area contributed by atoms with Crippen molar-refractivity contribution in [2.45, 2.75) is 71.1 Å². The molecule has 0 amide bonds. The molecule has 1 aromatic carbocycles. The van der Waals surface area contributed by atoms with E-state index in [1.54, 1.807) is 0 Å². The molecule has 0 saturated heterocycles. The van der Waals surface area contributed by atoms with Gasteiger partial charge in [-0.25, -0.2) is 0 Å². The summed E-state index contributed by atoms with van der Waals surface area (Å²) in [5.74, 6) is 0. The van der Waals surface area contributed by atoms with Crippen molar-refractivity contribution >= 4 is 0 Å². The Kier molecular flexibility index (Phi) is 9.44. The van der Waals surface area contributed by atoms with E-state index in [1.807, 2.05) is 0 Å². The zero-order chi connectivity index (χ0) is 13.8. The van der Waals surface area contributed by atoms with Crippen molar-refractivity contribution < 1.29 is 5.11 Å². The van der Waals surface area contributed by atoms with Crippen LogP contribution >= 0.6 is 0 Å². The second-order valence-electron chi connectivity index (χ2n) is 5.51. The zero-order valence-corrected chi connectivity index (χ0v) is 12.5. The lowest BCUT2D eigenvalue weighted by molar-refractivity contribution is 0.282. The second kappa shape index (κ2) is 11.0. The number of aryl methyl sites for hydroxylation is 2. The fraction of sp³-hybridized carbons (Fsp3) is 0.667. The Hall–Kier alpha value is -0.820. The molecule has 0 bridgehead atoms. The number of benzene rings is 1. The van der Waals surface area contributed by atoms with Gasteiger partial charge in [-0.05, 0) is 43.2 Å². The van der Waals surface area contributed by atoms with Crippen LogP contribution in [0.1, 0.15) is 69.4 Å². The molecule has 0 heterocycles. The molecule has 1 heteroatoms. The highest BCUT2D eigenvalue weighted by Gasteiger charge is 1.96. The average Bonchev–Trinajstić information content (AvgIpc) is 2.45. The summed E-state index contributed by atoms with van der Waals surface area (Å²) in [6.45, 7) is 2.60. The van der Waals surface area contributed by atoms with Gasteiger partial charge in [0.15, 0.2) is 0 Å². The molecule has 0 aliphatic rings. The van der Waals surface area contributed by atoms with Crippen LogP contribution in [-0.2, 0) is 12.8 Å². The van der Waals surface area contributed by atoms with Crippen molar-refractivity contribution in [1.82, 2.24) is 0 Å². The Labute approximate surface area is 119 Å². The van der Waals surface area contributed by atoms with Gasteiger partial charge in [0.2, 0.25) is 0 Å². The summed E-state index contributed by atoms with van der Waals surface area (Å²) in [6, 6.07) is 9.19. The van der Waals surface area contributed by atoms with E-state index in [2.05, 4.69) is 31.2 Å². The van der Waals surface area contributed by atoms with Crippen LogP contribution in [0.5, 0.6) is 0 Å². The highest BCUT2D eigenvalue weighted by molar-refractivity contribution is 5.22. The fourth-order valence-corrected chi connectivity index (χ4v) is 2.42. The van der Waals surface area contributed by atoms with Gasteiger partial charge in [-0.1, -0.05) is 63.3 Å². The molecule has 0 radical (unpaired) electrons. The monoisotopic (exact) mass is 262 g/mol. The third kappa shape index (κ3) is 8.05. The molecule has 1 N–H and O–H groups in total. The van der Waals surface area contributed by atoms with Gasteiger partial charge in [-0.3, -0.25) is 0 Å². The van der Waals surface area contributed by atoms with E-state index in [0.29, 0.717) is 6.61 Å². The predicted molar refractivity (Wildman–Crippen MR) is 83.5 cm³/mol. The molecule has 1 aromatic rings. The second-order valence-corrected chi connectivity index (χ2v) is 5.51. The molecule has 0 spiro atoms. The summed E-state index contributed by atoms with van der Waals surface area (Å²) in [6.07, 6.45) is 12.4. The molecule has 108 valence electrons. The van der Waals surface area contributed by atoms with Crippen LogP contribution in [0.15, 0.2) is 24.3 Å². The minimum atomic E-state index is 0.340. The first-order valence-corrected chi connectivity index (χ1v) is 8.05. The molecule has 0 fully saturated rings. The predicted octanol–water partition coefficient (Wildman–Crippen LogP) is 4.90. The molecule has 0 unspecified atom stereocenters. The molecule has 19 heavy (non-hydrogen) atoms. The summed E-state index contributed by atoms with van der Waals surface area (Å²) in [5.41, 5.74) is 2.95. The van der Waals surface area contributed by atoms with Crippen molar-refractivity contribution in [1.29, 1.82) is 0 Å². The van der Waals surface area contributed by atoms with E-state index in [4.69, 9.17) is 5.11 Å². The Balaban J connectivity index is 2.16. The Morgan fingerprint density at radius 1 is 0.684 bits per heavy atom. The van der Waals surface area contributed by atoms with E-state index in [1.165, 1.54) is 62.5 Å². The summed E-state index contributed by atoms with van der Waals surface area (Å²) in [7, 11) is 0. The number of unbranched alkanes of at least 4 members (excludes halogenated alkanes) is 6. The first-order chi connectivity index (χ1) is 9.36. The average molecular weight is 262 g/mol. The summed E-state index contributed by atoms with van der Waals surface area (Å²) in [5, 5.41) is 8.72. The lowest BCUT2D eigenvalue weighted by atomic mass is 10.0. The van der Waals surface area contributed by atoms with Crippen LogP contribution < -0.4 is 0 Å². The Morgan fingerprint density at radius 3 is 1.63 bits per heavy atom. The third-order valence-electron chi connectivity index (χ3n) is 3.72. The smallest absolute Gasteiger partial charge is 0.0431 e. The van der Waals surface area contributed by atoms with Crippen LogP contribution in [0.2, 0.25) is 0 Å². The molecule has 0 aliphatic heterocycles. The Morgan fingerprint density at radius 2 is 1.16 bits per heavy atom. The van der Waals surface area contributed by atoms with Crippen molar-refractivity contribution in [2.24, 2.45) is 0 Å². The van der Waals surface area contributed by atoms with Crippen molar-refractivity contribution in [3.8, 4) is 0 Å². The molecule has 0 atom stereocenters. The standard InChI is InChI=1S/C18H30O/c1-2-3-4-7-10-17-12-14-18(15-13-17)11-8-5-6-9-16-19/h12-15,19H,2-11,16H2,1H3. The highest BCUT2D eigenvalue weighted by atomic mass is 16.2. The van der Waals surface area contributed by atoms with Gasteiger partial charge < -0.3 is 5.11 Å². The van der Waals surface area contributed by atoms with Crippen LogP contribution in [0, 0.1) is 0 Å². The minimum Gasteiger partial charge on any atom is -0.396 e. The van der Waals surface area contributed by atoms with Gasteiger partial charge in [0.05, 0.1) is 0 Å². The zero-order valence-electron chi connectivity index (χ0n) is 12.5. The van der Waals surface area contributed by atoms with Crippen LogP contribution in [0.25, 0.3) is 0 Å². The normalized spacial score (nSPS) is 10.8. The summed E-state index contributed by atoms with van der Waals surface area (Å²) < 4.78 is 0. The van der Waals surface area contributed by atoms with Crippen LogP contribution in [-0.4, -0.2) is 11.7 Å². The largest absolute Gasteiger partial charge is 0.396 e. The van der Waals surface area contributed by atoms with Gasteiger partial charge in [-0.2, -0.15) is 0 Å². The van der Waals surface area contributed by atoms with Crippen LogP contribution in [0.3, 0.4) is 0 Å². The lowest BCUT2D eigenvalue weighted by Crippen LogP contribution is -1.90. The maximum absolute atomic E-state index is 8.72. The number of hydrogen-bond acceptors (Lipinski definition) is 1. The summed E-state index contributed by atoms with van der Waals surface area (Å²) in [4.78, 5) is 0. The highest BCUT2D eigenvalue weighted by Crippen LogP contribution is 2.12. The van der Waals surface area contributed by atoms with Crippen LogP contribution in [0.4, 0.5) is 0 Å². The first kappa shape index (κ1) is 16.2. The van der Waals surface area contributed by atoms with Gasteiger partial charge >= 0.3 is 0 Å². The number of hydrogen-bond donors (Lipinski definition) is 1. The van der Waals surface area contributed by atoms with Gasteiger partial charge in [0.1, 0.15) is 0 Å². The number of rotatable bonds is 11. The van der Waals surface area contributed by atoms with Gasteiger partial charge in [0, 0.05) is 6.61 Å². The lowest BCUT2D eigenvalue weighted by Gasteiger charge is -2.04. The van der Waals surface area contributed by atoms with E-state index in [0.717, 1.165) is 12.8 Å². The van der Waals surface area contributed by atoms with Gasteiger partial charge in [-0.15, -0.1) is 0 Å². The van der Waals surface area contributed by atoms with E-state index in [9.17, 15) is 0 Å². The molecule has 0 aromatic heterocycles. The van der Waals surface area contributed by atoms with Crippen molar-refractivity contribution in [3.63, 3.8) is 0 Å². The molecule has 1 nitrogen and oxygen atoms in total. The van der Waals surface area contributed by atoms with E-state index >= 15 is 0 Å².